The van der Waals surface area contributed by atoms with Crippen LogP contribution in [0.2, 0.25) is 0 Å². The highest BCUT2D eigenvalue weighted by Gasteiger charge is 2.19. The second-order valence-corrected chi connectivity index (χ2v) is 3.65. The van der Waals surface area contributed by atoms with E-state index in [2.05, 4.69) is 44.1 Å². The standard InChI is InChI=1S/C9H18N2/c1-7(2)9-5-10-6-11(9)8(3)4/h5,7-8,10H,6H2,1-4H3. The molecule has 0 aromatic heterocycles. The van der Waals surface area contributed by atoms with Gasteiger partial charge in [-0.1, -0.05) is 13.8 Å². The van der Waals surface area contributed by atoms with Crippen LogP contribution < -0.4 is 5.32 Å². The monoisotopic (exact) mass is 154 g/mol. The minimum atomic E-state index is 0.610. The average molecular weight is 154 g/mol. The minimum absolute atomic E-state index is 0.610. The molecule has 0 unspecified atom stereocenters. The van der Waals surface area contributed by atoms with Crippen molar-refractivity contribution in [2.75, 3.05) is 6.67 Å². The summed E-state index contributed by atoms with van der Waals surface area (Å²) in [4.78, 5) is 2.39. The molecule has 0 aromatic rings. The number of nitrogens with one attached hydrogen (secondary N) is 1. The Morgan fingerprint density at radius 2 is 2.00 bits per heavy atom. The Morgan fingerprint density at radius 3 is 2.36 bits per heavy atom. The smallest absolute Gasteiger partial charge is 0.0872 e. The molecule has 1 aliphatic heterocycles. The van der Waals surface area contributed by atoms with E-state index in [4.69, 9.17) is 0 Å². The van der Waals surface area contributed by atoms with Gasteiger partial charge >= 0.3 is 0 Å². The van der Waals surface area contributed by atoms with E-state index in [1.54, 1.807) is 0 Å². The molecular formula is C9H18N2. The Balaban J connectivity index is 2.63. The molecule has 1 rings (SSSR count). The van der Waals surface area contributed by atoms with Crippen molar-refractivity contribution in [1.82, 2.24) is 10.2 Å². The molecule has 2 nitrogen and oxygen atoms in total. The van der Waals surface area contributed by atoms with Gasteiger partial charge in [-0.2, -0.15) is 0 Å². The predicted molar refractivity (Wildman–Crippen MR) is 47.9 cm³/mol. The van der Waals surface area contributed by atoms with Gasteiger partial charge in [0.1, 0.15) is 0 Å². The molecule has 0 saturated heterocycles. The molecule has 0 bridgehead atoms. The summed E-state index contributed by atoms with van der Waals surface area (Å²) in [6, 6.07) is 0.610. The highest BCUT2D eigenvalue weighted by molar-refractivity contribution is 5.08. The van der Waals surface area contributed by atoms with E-state index in [1.807, 2.05) is 0 Å². The number of allylic oxidation sites excluding steroid dienone is 1. The molecule has 0 amide bonds. The van der Waals surface area contributed by atoms with Gasteiger partial charge in [-0.05, 0) is 19.8 Å². The van der Waals surface area contributed by atoms with E-state index in [1.165, 1.54) is 5.70 Å². The molecule has 0 aliphatic carbocycles. The molecule has 11 heavy (non-hydrogen) atoms. The topological polar surface area (TPSA) is 15.3 Å². The number of hydrogen-bond donors (Lipinski definition) is 1. The first-order valence-electron chi connectivity index (χ1n) is 4.33. The highest BCUT2D eigenvalue weighted by atomic mass is 15.3. The van der Waals surface area contributed by atoms with Crippen molar-refractivity contribution >= 4 is 0 Å². The third-order valence-corrected chi connectivity index (χ3v) is 2.06. The van der Waals surface area contributed by atoms with Crippen LogP contribution in [0, 0.1) is 5.92 Å². The Hall–Kier alpha value is -0.660. The lowest BCUT2D eigenvalue weighted by atomic mass is 10.1. The third-order valence-electron chi connectivity index (χ3n) is 2.06. The zero-order valence-electron chi connectivity index (χ0n) is 7.89. The molecule has 1 aliphatic rings. The lowest BCUT2D eigenvalue weighted by Gasteiger charge is -2.27. The summed E-state index contributed by atoms with van der Waals surface area (Å²) in [5.41, 5.74) is 1.43. The SMILES string of the molecule is CC(C)C1=CNCN1C(C)C. The van der Waals surface area contributed by atoms with Crippen LogP contribution in [0.15, 0.2) is 11.9 Å². The van der Waals surface area contributed by atoms with Crippen molar-refractivity contribution in [2.45, 2.75) is 33.7 Å². The van der Waals surface area contributed by atoms with E-state index < -0.39 is 0 Å². The van der Waals surface area contributed by atoms with Gasteiger partial charge in [0.2, 0.25) is 0 Å². The third kappa shape index (κ3) is 1.67. The molecule has 0 spiro atoms. The van der Waals surface area contributed by atoms with Gasteiger partial charge in [-0.3, -0.25) is 0 Å². The lowest BCUT2D eigenvalue weighted by Crippen LogP contribution is -2.31. The van der Waals surface area contributed by atoms with Crippen LogP contribution in [0.5, 0.6) is 0 Å². The lowest BCUT2D eigenvalue weighted by molar-refractivity contribution is 0.276. The van der Waals surface area contributed by atoms with Crippen molar-refractivity contribution in [1.29, 1.82) is 0 Å². The highest BCUT2D eigenvalue weighted by Crippen LogP contribution is 2.19. The van der Waals surface area contributed by atoms with Gasteiger partial charge in [-0.15, -0.1) is 0 Å². The fourth-order valence-electron chi connectivity index (χ4n) is 1.40. The zero-order valence-corrected chi connectivity index (χ0v) is 7.89. The number of rotatable bonds is 2. The fraction of sp³-hybridized carbons (Fsp3) is 0.778. The van der Waals surface area contributed by atoms with Crippen LogP contribution in [0.3, 0.4) is 0 Å². The predicted octanol–water partition coefficient (Wildman–Crippen LogP) is 1.75. The quantitative estimate of drug-likeness (QED) is 0.652. The van der Waals surface area contributed by atoms with E-state index in [-0.39, 0.29) is 0 Å². The average Bonchev–Trinajstić information content (AvgIpc) is 2.32. The van der Waals surface area contributed by atoms with Crippen LogP contribution in [0.1, 0.15) is 27.7 Å². The maximum atomic E-state index is 3.25. The second-order valence-electron chi connectivity index (χ2n) is 3.65. The van der Waals surface area contributed by atoms with Crippen molar-refractivity contribution in [2.24, 2.45) is 5.92 Å². The minimum Gasteiger partial charge on any atom is -0.372 e. The first-order valence-corrected chi connectivity index (χ1v) is 4.33. The molecule has 64 valence electrons. The second kappa shape index (κ2) is 3.16. The summed E-state index contributed by atoms with van der Waals surface area (Å²) in [6.45, 7) is 9.89. The molecule has 0 radical (unpaired) electrons. The van der Waals surface area contributed by atoms with Gasteiger partial charge < -0.3 is 10.2 Å². The Kier molecular flexibility index (Phi) is 2.42. The summed E-state index contributed by atoms with van der Waals surface area (Å²) in [6.07, 6.45) is 2.13. The maximum absolute atomic E-state index is 3.25. The van der Waals surface area contributed by atoms with E-state index in [9.17, 15) is 0 Å². The van der Waals surface area contributed by atoms with Crippen LogP contribution in [0.25, 0.3) is 0 Å². The maximum Gasteiger partial charge on any atom is 0.0872 e. The summed E-state index contributed by atoms with van der Waals surface area (Å²) >= 11 is 0. The summed E-state index contributed by atoms with van der Waals surface area (Å²) in [7, 11) is 0. The Labute approximate surface area is 69.3 Å². The van der Waals surface area contributed by atoms with E-state index in [0.29, 0.717) is 12.0 Å². The number of hydrogen-bond acceptors (Lipinski definition) is 2. The molecule has 0 saturated carbocycles. The van der Waals surface area contributed by atoms with Gasteiger partial charge in [-0.25, -0.2) is 0 Å². The molecule has 1 N–H and O–H groups in total. The summed E-state index contributed by atoms with van der Waals surface area (Å²) in [5, 5.41) is 3.25. The van der Waals surface area contributed by atoms with Gasteiger partial charge in [0, 0.05) is 17.9 Å². The number of nitrogens with zero attached hydrogens (tertiary/aromatic N) is 1. The van der Waals surface area contributed by atoms with Gasteiger partial charge in [0.25, 0.3) is 0 Å². The molecule has 1 heterocycles. The zero-order chi connectivity index (χ0) is 8.43. The van der Waals surface area contributed by atoms with Crippen molar-refractivity contribution < 1.29 is 0 Å². The van der Waals surface area contributed by atoms with Crippen LogP contribution in [0.4, 0.5) is 0 Å². The van der Waals surface area contributed by atoms with E-state index in [0.717, 1.165) is 6.67 Å². The van der Waals surface area contributed by atoms with Crippen molar-refractivity contribution in [3.8, 4) is 0 Å². The molecular weight excluding hydrogens is 136 g/mol. The van der Waals surface area contributed by atoms with Crippen LogP contribution in [-0.2, 0) is 0 Å². The molecule has 0 atom stereocenters. The van der Waals surface area contributed by atoms with Crippen LogP contribution >= 0.6 is 0 Å². The summed E-state index contributed by atoms with van der Waals surface area (Å²) in [5.74, 6) is 0.632. The molecule has 0 aromatic carbocycles. The van der Waals surface area contributed by atoms with E-state index >= 15 is 0 Å². The van der Waals surface area contributed by atoms with Gasteiger partial charge in [0.15, 0.2) is 0 Å². The fourth-order valence-corrected chi connectivity index (χ4v) is 1.40. The largest absolute Gasteiger partial charge is 0.372 e. The van der Waals surface area contributed by atoms with Gasteiger partial charge in [0.05, 0.1) is 6.67 Å². The normalized spacial score (nSPS) is 17.6. The first kappa shape index (κ1) is 8.44. The van der Waals surface area contributed by atoms with Crippen molar-refractivity contribution in [3.63, 3.8) is 0 Å². The summed E-state index contributed by atoms with van der Waals surface area (Å²) < 4.78 is 0. The molecule has 2 heteroatoms. The molecule has 0 fully saturated rings. The Bertz CT molecular complexity index is 159. The Morgan fingerprint density at radius 1 is 1.36 bits per heavy atom. The first-order chi connectivity index (χ1) is 5.13. The van der Waals surface area contributed by atoms with Crippen LogP contribution in [-0.4, -0.2) is 17.6 Å². The van der Waals surface area contributed by atoms with Crippen molar-refractivity contribution in [3.05, 3.63) is 11.9 Å².